The first-order valence-electron chi connectivity index (χ1n) is 9.09. The van der Waals surface area contributed by atoms with E-state index < -0.39 is 0 Å². The maximum atomic E-state index is 8.92. The number of aromatic nitrogens is 1. The zero-order valence-corrected chi connectivity index (χ0v) is 14.9. The van der Waals surface area contributed by atoms with Crippen LogP contribution in [0.2, 0.25) is 0 Å². The zero-order chi connectivity index (χ0) is 17.4. The SMILES string of the molecule is CN(C)C1CN(C2CCC(Nc3cc4cc(C#N)oc4cn3)CC2)C1. The molecule has 0 radical (unpaired) electrons. The Balaban J connectivity index is 1.31. The number of likely N-dealkylation sites (N-methyl/N-ethyl adjacent to an activating group) is 1. The van der Waals surface area contributed by atoms with Crippen LogP contribution in [0.4, 0.5) is 5.82 Å². The number of pyridine rings is 1. The monoisotopic (exact) mass is 339 g/mol. The number of fused-ring (bicyclic) bond motifs is 1. The highest BCUT2D eigenvalue weighted by atomic mass is 16.3. The van der Waals surface area contributed by atoms with Crippen LogP contribution in [0.25, 0.3) is 11.0 Å². The number of anilines is 1. The summed E-state index contributed by atoms with van der Waals surface area (Å²) in [6.07, 6.45) is 6.57. The lowest BCUT2D eigenvalue weighted by Gasteiger charge is -2.48. The van der Waals surface area contributed by atoms with Crippen molar-refractivity contribution < 1.29 is 4.42 Å². The Morgan fingerprint density at radius 3 is 2.68 bits per heavy atom. The number of likely N-dealkylation sites (tertiary alicyclic amines) is 1. The fourth-order valence-corrected chi connectivity index (χ4v) is 3.99. The van der Waals surface area contributed by atoms with E-state index in [1.807, 2.05) is 12.1 Å². The summed E-state index contributed by atoms with van der Waals surface area (Å²) in [4.78, 5) is 9.40. The van der Waals surface area contributed by atoms with Gasteiger partial charge in [0.05, 0.1) is 6.20 Å². The summed E-state index contributed by atoms with van der Waals surface area (Å²) < 4.78 is 5.39. The lowest BCUT2D eigenvalue weighted by Crippen LogP contribution is -2.61. The molecule has 6 nitrogen and oxygen atoms in total. The van der Waals surface area contributed by atoms with E-state index in [1.165, 1.54) is 38.8 Å². The van der Waals surface area contributed by atoms with Crippen LogP contribution >= 0.6 is 0 Å². The van der Waals surface area contributed by atoms with Gasteiger partial charge in [-0.05, 0) is 45.8 Å². The molecule has 2 aromatic rings. The summed E-state index contributed by atoms with van der Waals surface area (Å²) >= 11 is 0. The van der Waals surface area contributed by atoms with E-state index in [4.69, 9.17) is 9.68 Å². The van der Waals surface area contributed by atoms with Crippen LogP contribution in [0.5, 0.6) is 0 Å². The van der Waals surface area contributed by atoms with Gasteiger partial charge in [-0.2, -0.15) is 5.26 Å². The van der Waals surface area contributed by atoms with Crippen molar-refractivity contribution in [3.05, 3.63) is 24.1 Å². The molecule has 6 heteroatoms. The highest BCUT2D eigenvalue weighted by Gasteiger charge is 2.35. The van der Waals surface area contributed by atoms with E-state index in [1.54, 1.807) is 12.3 Å². The lowest BCUT2D eigenvalue weighted by atomic mass is 9.88. The Morgan fingerprint density at radius 2 is 2.00 bits per heavy atom. The third-order valence-electron chi connectivity index (χ3n) is 5.70. The Labute approximate surface area is 148 Å². The second-order valence-corrected chi connectivity index (χ2v) is 7.55. The molecule has 3 heterocycles. The second kappa shape index (κ2) is 6.66. The molecular formula is C19H25N5O. The molecule has 25 heavy (non-hydrogen) atoms. The molecule has 0 unspecified atom stereocenters. The number of nitriles is 1. The van der Waals surface area contributed by atoms with E-state index in [2.05, 4.69) is 34.2 Å². The van der Waals surface area contributed by atoms with Gasteiger partial charge in [0.15, 0.2) is 5.58 Å². The molecular weight excluding hydrogens is 314 g/mol. The van der Waals surface area contributed by atoms with Crippen LogP contribution in [0.3, 0.4) is 0 Å². The van der Waals surface area contributed by atoms with Crippen molar-refractivity contribution in [1.29, 1.82) is 5.26 Å². The first-order valence-corrected chi connectivity index (χ1v) is 9.09. The summed E-state index contributed by atoms with van der Waals surface area (Å²) in [6.45, 7) is 2.44. The van der Waals surface area contributed by atoms with Gasteiger partial charge in [0, 0.05) is 42.7 Å². The van der Waals surface area contributed by atoms with Crippen molar-refractivity contribution in [1.82, 2.24) is 14.8 Å². The molecule has 1 aliphatic carbocycles. The van der Waals surface area contributed by atoms with Crippen molar-refractivity contribution >= 4 is 16.8 Å². The molecule has 0 bridgehead atoms. The smallest absolute Gasteiger partial charge is 0.204 e. The van der Waals surface area contributed by atoms with Gasteiger partial charge in [-0.25, -0.2) is 4.98 Å². The summed E-state index contributed by atoms with van der Waals surface area (Å²) in [6, 6.07) is 7.74. The van der Waals surface area contributed by atoms with Crippen LogP contribution in [0, 0.1) is 11.3 Å². The topological polar surface area (TPSA) is 68.3 Å². The Kier molecular flexibility index (Phi) is 4.36. The largest absolute Gasteiger partial charge is 0.444 e. The minimum Gasteiger partial charge on any atom is -0.444 e. The van der Waals surface area contributed by atoms with Gasteiger partial charge in [0.25, 0.3) is 0 Å². The van der Waals surface area contributed by atoms with Crippen LogP contribution in [0.15, 0.2) is 22.7 Å². The normalized spacial score (nSPS) is 25.0. The van der Waals surface area contributed by atoms with Crippen LogP contribution in [-0.2, 0) is 0 Å². The molecule has 0 aromatic carbocycles. The molecule has 0 atom stereocenters. The number of nitrogens with one attached hydrogen (secondary N) is 1. The third-order valence-corrected chi connectivity index (χ3v) is 5.70. The first kappa shape index (κ1) is 16.4. The Bertz CT molecular complexity index is 779. The highest BCUT2D eigenvalue weighted by Crippen LogP contribution is 2.29. The van der Waals surface area contributed by atoms with E-state index in [9.17, 15) is 0 Å². The van der Waals surface area contributed by atoms with Crippen molar-refractivity contribution in [2.45, 2.75) is 43.8 Å². The number of furan rings is 1. The Hall–Kier alpha value is -2.10. The number of hydrogen-bond donors (Lipinski definition) is 1. The summed E-state index contributed by atoms with van der Waals surface area (Å²) in [7, 11) is 4.35. The van der Waals surface area contributed by atoms with Gasteiger partial charge >= 0.3 is 0 Å². The van der Waals surface area contributed by atoms with Crippen LogP contribution < -0.4 is 5.32 Å². The van der Waals surface area contributed by atoms with Crippen LogP contribution in [-0.4, -0.2) is 60.1 Å². The summed E-state index contributed by atoms with van der Waals surface area (Å²) in [5, 5.41) is 13.4. The average Bonchev–Trinajstić information content (AvgIpc) is 2.97. The molecule has 2 aliphatic rings. The molecule has 1 saturated heterocycles. The van der Waals surface area contributed by atoms with E-state index in [0.29, 0.717) is 17.4 Å². The first-order chi connectivity index (χ1) is 12.1. The molecule has 2 aromatic heterocycles. The predicted molar refractivity (Wildman–Crippen MR) is 97.4 cm³/mol. The van der Waals surface area contributed by atoms with Gasteiger partial charge in [-0.15, -0.1) is 0 Å². The van der Waals surface area contributed by atoms with Gasteiger partial charge in [-0.1, -0.05) is 0 Å². The predicted octanol–water partition coefficient (Wildman–Crippen LogP) is 2.67. The fraction of sp³-hybridized carbons (Fsp3) is 0.579. The van der Waals surface area contributed by atoms with Crippen molar-refractivity contribution in [3.8, 4) is 6.07 Å². The van der Waals surface area contributed by atoms with Gasteiger partial charge < -0.3 is 14.6 Å². The fourth-order valence-electron chi connectivity index (χ4n) is 3.99. The van der Waals surface area contributed by atoms with Crippen molar-refractivity contribution in [2.75, 3.05) is 32.5 Å². The minimum atomic E-state index is 0.333. The summed E-state index contributed by atoms with van der Waals surface area (Å²) in [5.41, 5.74) is 0.666. The molecule has 1 aliphatic heterocycles. The number of nitrogens with zero attached hydrogens (tertiary/aromatic N) is 4. The summed E-state index contributed by atoms with van der Waals surface area (Å²) in [5.74, 6) is 1.21. The van der Waals surface area contributed by atoms with Crippen LogP contribution in [0.1, 0.15) is 31.4 Å². The minimum absolute atomic E-state index is 0.333. The molecule has 0 spiro atoms. The standard InChI is InChI=1S/C19H25N5O/c1-23(2)16-11-24(12-16)15-5-3-14(4-6-15)22-19-8-13-7-17(9-20)25-18(13)10-21-19/h7-8,10,14-16H,3-6,11-12H2,1-2H3,(H,21,22). The van der Waals surface area contributed by atoms with Gasteiger partial charge in [0.2, 0.25) is 5.76 Å². The quantitative estimate of drug-likeness (QED) is 0.924. The number of rotatable bonds is 4. The average molecular weight is 339 g/mol. The lowest BCUT2D eigenvalue weighted by molar-refractivity contribution is 0.0132. The van der Waals surface area contributed by atoms with Gasteiger partial charge in [0.1, 0.15) is 11.9 Å². The maximum Gasteiger partial charge on any atom is 0.204 e. The highest BCUT2D eigenvalue weighted by molar-refractivity contribution is 5.80. The van der Waals surface area contributed by atoms with Crippen molar-refractivity contribution in [2.24, 2.45) is 0 Å². The number of hydrogen-bond acceptors (Lipinski definition) is 6. The molecule has 1 N–H and O–H groups in total. The van der Waals surface area contributed by atoms with E-state index in [0.717, 1.165) is 23.3 Å². The Morgan fingerprint density at radius 1 is 1.24 bits per heavy atom. The molecule has 0 amide bonds. The molecule has 132 valence electrons. The second-order valence-electron chi connectivity index (χ2n) is 7.55. The van der Waals surface area contributed by atoms with E-state index in [-0.39, 0.29) is 0 Å². The van der Waals surface area contributed by atoms with Crippen molar-refractivity contribution in [3.63, 3.8) is 0 Å². The zero-order valence-electron chi connectivity index (χ0n) is 14.9. The van der Waals surface area contributed by atoms with E-state index >= 15 is 0 Å². The molecule has 2 fully saturated rings. The molecule has 1 saturated carbocycles. The van der Waals surface area contributed by atoms with Gasteiger partial charge in [-0.3, -0.25) is 4.90 Å². The third kappa shape index (κ3) is 3.35. The molecule has 4 rings (SSSR count). The maximum absolute atomic E-state index is 8.92.